The number of hydrogen-bond donors (Lipinski definition) is 1. The minimum atomic E-state index is -3.50. The van der Waals surface area contributed by atoms with Crippen molar-refractivity contribution in [3.05, 3.63) is 95.8 Å². The van der Waals surface area contributed by atoms with Crippen molar-refractivity contribution in [2.24, 2.45) is 0 Å². The van der Waals surface area contributed by atoms with Gasteiger partial charge in [-0.25, -0.2) is 12.8 Å². The van der Waals surface area contributed by atoms with Crippen molar-refractivity contribution >= 4 is 21.4 Å². The maximum atomic E-state index is 14.1. The van der Waals surface area contributed by atoms with Crippen LogP contribution in [0.5, 0.6) is 0 Å². The average molecular weight is 397 g/mol. The van der Waals surface area contributed by atoms with Crippen molar-refractivity contribution in [2.75, 3.05) is 11.6 Å². The largest absolute Gasteiger partial charge is 0.324 e. The number of nitrogens with one attached hydrogen (secondary N) is 1. The minimum Gasteiger partial charge on any atom is -0.324 e. The third-order valence-electron chi connectivity index (χ3n) is 4.43. The van der Waals surface area contributed by atoms with Gasteiger partial charge in [0.15, 0.2) is 9.84 Å². The number of hydrogen-bond acceptors (Lipinski definition) is 3. The number of halogens is 1. The minimum absolute atomic E-state index is 0.0492. The van der Waals surface area contributed by atoms with Crippen LogP contribution in [0.3, 0.4) is 0 Å². The van der Waals surface area contributed by atoms with Crippen LogP contribution in [-0.4, -0.2) is 20.6 Å². The van der Waals surface area contributed by atoms with E-state index in [1.807, 2.05) is 60.7 Å². The molecule has 3 rings (SSSR count). The Bertz CT molecular complexity index is 1030. The van der Waals surface area contributed by atoms with E-state index >= 15 is 0 Å². The highest BCUT2D eigenvalue weighted by Crippen LogP contribution is 2.29. The van der Waals surface area contributed by atoms with Crippen LogP contribution in [0, 0.1) is 5.82 Å². The van der Waals surface area contributed by atoms with Crippen molar-refractivity contribution in [1.82, 2.24) is 0 Å². The molecule has 6 heteroatoms. The van der Waals surface area contributed by atoms with E-state index < -0.39 is 21.6 Å². The van der Waals surface area contributed by atoms with Gasteiger partial charge >= 0.3 is 0 Å². The second kappa shape index (κ2) is 8.35. The maximum absolute atomic E-state index is 14.1. The molecule has 0 aliphatic carbocycles. The third-order valence-corrected chi connectivity index (χ3v) is 5.54. The third kappa shape index (κ3) is 4.84. The number of carbonyl (C=O) groups is 1. The maximum Gasteiger partial charge on any atom is 0.225 e. The summed E-state index contributed by atoms with van der Waals surface area (Å²) in [7, 11) is -3.50. The number of rotatable bonds is 6. The van der Waals surface area contributed by atoms with Gasteiger partial charge in [0.2, 0.25) is 5.91 Å². The van der Waals surface area contributed by atoms with Gasteiger partial charge in [-0.15, -0.1) is 0 Å². The highest BCUT2D eigenvalue weighted by Gasteiger charge is 2.19. The van der Waals surface area contributed by atoms with E-state index in [1.54, 1.807) is 0 Å². The first kappa shape index (κ1) is 19.8. The molecule has 0 fully saturated rings. The Labute approximate surface area is 164 Å². The molecule has 0 saturated carbocycles. The lowest BCUT2D eigenvalue weighted by Crippen LogP contribution is -2.17. The van der Waals surface area contributed by atoms with E-state index in [1.165, 1.54) is 6.07 Å². The zero-order valence-electron chi connectivity index (χ0n) is 15.3. The van der Waals surface area contributed by atoms with Gasteiger partial charge < -0.3 is 5.32 Å². The Morgan fingerprint density at radius 3 is 1.96 bits per heavy atom. The summed E-state index contributed by atoms with van der Waals surface area (Å²) >= 11 is 0. The molecular formula is C22H20FNO3S. The second-order valence-electron chi connectivity index (χ2n) is 6.54. The van der Waals surface area contributed by atoms with E-state index in [0.717, 1.165) is 29.5 Å². The smallest absolute Gasteiger partial charge is 0.225 e. The van der Waals surface area contributed by atoms with Crippen LogP contribution in [0.1, 0.15) is 23.5 Å². The number of amides is 1. The molecular weight excluding hydrogens is 377 g/mol. The van der Waals surface area contributed by atoms with E-state index in [2.05, 4.69) is 5.32 Å². The zero-order valence-corrected chi connectivity index (χ0v) is 16.1. The molecule has 0 bridgehead atoms. The second-order valence-corrected chi connectivity index (χ2v) is 8.56. The fourth-order valence-corrected chi connectivity index (χ4v) is 3.66. The van der Waals surface area contributed by atoms with Gasteiger partial charge in [-0.2, -0.15) is 0 Å². The summed E-state index contributed by atoms with van der Waals surface area (Å²) in [6.07, 6.45) is 1.13. The standard InChI is InChI=1S/C22H20FNO3S/c1-28(26,27)18-12-13-20(23)21(14-18)24-22(25)15-19(16-8-4-2-5-9-16)17-10-6-3-7-11-17/h2-14,19H,15H2,1H3,(H,24,25). The SMILES string of the molecule is CS(=O)(=O)c1ccc(F)c(NC(=O)CC(c2ccccc2)c2ccccc2)c1. The van der Waals surface area contributed by atoms with Gasteiger partial charge in [0, 0.05) is 18.6 Å². The monoisotopic (exact) mass is 397 g/mol. The highest BCUT2D eigenvalue weighted by molar-refractivity contribution is 7.90. The van der Waals surface area contributed by atoms with Crippen molar-refractivity contribution in [2.45, 2.75) is 17.2 Å². The summed E-state index contributed by atoms with van der Waals surface area (Å²) in [5, 5.41) is 2.51. The summed E-state index contributed by atoms with van der Waals surface area (Å²) < 4.78 is 37.5. The van der Waals surface area contributed by atoms with Crippen LogP contribution in [0.4, 0.5) is 10.1 Å². The molecule has 4 nitrogen and oxygen atoms in total. The van der Waals surface area contributed by atoms with Gasteiger partial charge in [0.05, 0.1) is 10.6 Å². The Morgan fingerprint density at radius 2 is 1.46 bits per heavy atom. The van der Waals surface area contributed by atoms with Crippen molar-refractivity contribution in [3.8, 4) is 0 Å². The molecule has 0 atom stereocenters. The first-order chi connectivity index (χ1) is 13.3. The summed E-state index contributed by atoms with van der Waals surface area (Å²) in [6, 6.07) is 22.5. The lowest BCUT2D eigenvalue weighted by atomic mass is 9.88. The van der Waals surface area contributed by atoms with Gasteiger partial charge in [0.25, 0.3) is 0 Å². The molecule has 3 aromatic rings. The molecule has 0 spiro atoms. The Hall–Kier alpha value is -2.99. The van der Waals surface area contributed by atoms with Crippen LogP contribution in [0.2, 0.25) is 0 Å². The van der Waals surface area contributed by atoms with Crippen LogP contribution in [0.25, 0.3) is 0 Å². The molecule has 0 aliphatic heterocycles. The van der Waals surface area contributed by atoms with Gasteiger partial charge in [-0.05, 0) is 29.3 Å². The summed E-state index contributed by atoms with van der Waals surface area (Å²) in [5.74, 6) is -1.29. The van der Waals surface area contributed by atoms with Gasteiger partial charge in [0.1, 0.15) is 5.82 Å². The quantitative estimate of drug-likeness (QED) is 0.628. The van der Waals surface area contributed by atoms with E-state index in [0.29, 0.717) is 0 Å². The topological polar surface area (TPSA) is 63.2 Å². The van der Waals surface area contributed by atoms with Crippen molar-refractivity contribution in [3.63, 3.8) is 0 Å². The molecule has 0 aliphatic rings. The van der Waals surface area contributed by atoms with Crippen LogP contribution in [0.15, 0.2) is 83.8 Å². The molecule has 0 heterocycles. The molecule has 1 N–H and O–H groups in total. The summed E-state index contributed by atoms with van der Waals surface area (Å²) in [6.45, 7) is 0. The molecule has 0 saturated heterocycles. The fraction of sp³-hybridized carbons (Fsp3) is 0.136. The van der Waals surface area contributed by atoms with E-state index in [-0.39, 0.29) is 22.9 Å². The Balaban J connectivity index is 1.86. The molecule has 0 aromatic heterocycles. The molecule has 28 heavy (non-hydrogen) atoms. The lowest BCUT2D eigenvalue weighted by Gasteiger charge is -2.18. The van der Waals surface area contributed by atoms with Crippen LogP contribution < -0.4 is 5.32 Å². The normalized spacial score (nSPS) is 11.4. The number of benzene rings is 3. The van der Waals surface area contributed by atoms with Crippen molar-refractivity contribution < 1.29 is 17.6 Å². The van der Waals surface area contributed by atoms with Gasteiger partial charge in [-0.1, -0.05) is 60.7 Å². The average Bonchev–Trinajstić information content (AvgIpc) is 2.68. The molecule has 0 unspecified atom stereocenters. The predicted molar refractivity (Wildman–Crippen MR) is 107 cm³/mol. The Morgan fingerprint density at radius 1 is 0.929 bits per heavy atom. The summed E-state index contributed by atoms with van der Waals surface area (Å²) in [4.78, 5) is 12.6. The molecule has 1 amide bonds. The zero-order chi connectivity index (χ0) is 20.1. The number of anilines is 1. The predicted octanol–water partition coefficient (Wildman–Crippen LogP) is 4.39. The lowest BCUT2D eigenvalue weighted by molar-refractivity contribution is -0.116. The van der Waals surface area contributed by atoms with Gasteiger partial charge in [-0.3, -0.25) is 4.79 Å². The van der Waals surface area contributed by atoms with Crippen LogP contribution >= 0.6 is 0 Å². The first-order valence-corrected chi connectivity index (χ1v) is 10.6. The van der Waals surface area contributed by atoms with E-state index in [4.69, 9.17) is 0 Å². The molecule has 0 radical (unpaired) electrons. The first-order valence-electron chi connectivity index (χ1n) is 8.74. The van der Waals surface area contributed by atoms with Crippen molar-refractivity contribution in [1.29, 1.82) is 0 Å². The van der Waals surface area contributed by atoms with Crippen LogP contribution in [-0.2, 0) is 14.6 Å². The van der Waals surface area contributed by atoms with E-state index in [9.17, 15) is 17.6 Å². The Kier molecular flexibility index (Phi) is 5.90. The summed E-state index contributed by atoms with van der Waals surface area (Å²) in [5.41, 5.74) is 1.79. The number of sulfone groups is 1. The number of carbonyl (C=O) groups excluding carboxylic acids is 1. The fourth-order valence-electron chi connectivity index (χ4n) is 3.02. The molecule has 3 aromatic carbocycles. The molecule has 144 valence electrons. The highest BCUT2D eigenvalue weighted by atomic mass is 32.2.